The third-order valence-corrected chi connectivity index (χ3v) is 7.75. The van der Waals surface area contributed by atoms with Crippen molar-refractivity contribution >= 4 is 16.8 Å². The molecule has 0 spiro atoms. The van der Waals surface area contributed by atoms with E-state index in [1.54, 1.807) is 13.3 Å². The molecular weight excluding hydrogens is 422 g/mol. The Hall–Kier alpha value is -2.92. The van der Waals surface area contributed by atoms with E-state index in [0.717, 1.165) is 66.9 Å². The van der Waals surface area contributed by atoms with Gasteiger partial charge in [0.2, 0.25) is 0 Å². The topological polar surface area (TPSA) is 54.5 Å². The van der Waals surface area contributed by atoms with E-state index in [1.807, 2.05) is 30.3 Å². The molecule has 0 atom stereocenters. The Morgan fingerprint density at radius 1 is 1.03 bits per heavy atom. The normalized spacial score (nSPS) is 21.0. The van der Waals surface area contributed by atoms with Crippen LogP contribution in [0.3, 0.4) is 0 Å². The van der Waals surface area contributed by atoms with E-state index in [-0.39, 0.29) is 11.9 Å². The van der Waals surface area contributed by atoms with Gasteiger partial charge in [-0.15, -0.1) is 0 Å². The Labute approximate surface area is 202 Å². The van der Waals surface area contributed by atoms with Crippen LogP contribution in [0.4, 0.5) is 0 Å². The molecule has 1 amide bonds. The Kier molecular flexibility index (Phi) is 7.10. The fraction of sp³-hybridized carbons (Fsp3) is 0.448. The van der Waals surface area contributed by atoms with Crippen molar-refractivity contribution in [3.8, 4) is 5.75 Å². The van der Waals surface area contributed by atoms with E-state index < -0.39 is 0 Å². The van der Waals surface area contributed by atoms with Crippen LogP contribution in [0.25, 0.3) is 10.9 Å². The number of para-hydroxylation sites is 1. The second-order valence-electron chi connectivity index (χ2n) is 9.80. The monoisotopic (exact) mass is 457 g/mol. The molecule has 5 rings (SSSR count). The number of ether oxygens (including phenoxy) is 1. The molecule has 0 radical (unpaired) electrons. The first-order valence-corrected chi connectivity index (χ1v) is 12.7. The van der Waals surface area contributed by atoms with Crippen molar-refractivity contribution in [2.24, 2.45) is 5.92 Å². The number of rotatable bonds is 6. The molecule has 2 heterocycles. The number of amides is 1. The van der Waals surface area contributed by atoms with Crippen LogP contribution in [0.1, 0.15) is 53.6 Å². The number of carbonyl (C=O) groups excluding carboxylic acids is 1. The summed E-state index contributed by atoms with van der Waals surface area (Å²) in [6.45, 7) is 3.41. The summed E-state index contributed by atoms with van der Waals surface area (Å²) < 4.78 is 5.59. The molecule has 1 N–H and O–H groups in total. The van der Waals surface area contributed by atoms with Gasteiger partial charge >= 0.3 is 0 Å². The van der Waals surface area contributed by atoms with Crippen molar-refractivity contribution in [2.45, 2.75) is 51.0 Å². The molecule has 2 aliphatic rings. The quantitative estimate of drug-likeness (QED) is 0.565. The van der Waals surface area contributed by atoms with Gasteiger partial charge in [0.15, 0.2) is 0 Å². The van der Waals surface area contributed by atoms with Crippen molar-refractivity contribution in [3.63, 3.8) is 0 Å². The van der Waals surface area contributed by atoms with E-state index in [0.29, 0.717) is 0 Å². The smallest absolute Gasteiger partial charge is 0.252 e. The molecule has 1 aromatic heterocycles. The van der Waals surface area contributed by atoms with Crippen molar-refractivity contribution in [1.29, 1.82) is 0 Å². The number of fused-ring (bicyclic) bond motifs is 2. The van der Waals surface area contributed by atoms with Crippen LogP contribution in [0.15, 0.2) is 54.7 Å². The van der Waals surface area contributed by atoms with Crippen LogP contribution in [0.2, 0.25) is 0 Å². The van der Waals surface area contributed by atoms with Gasteiger partial charge in [-0.2, -0.15) is 0 Å². The zero-order valence-corrected chi connectivity index (χ0v) is 20.1. The summed E-state index contributed by atoms with van der Waals surface area (Å²) in [4.78, 5) is 20.0. The van der Waals surface area contributed by atoms with Gasteiger partial charge in [0.1, 0.15) is 5.75 Å². The minimum Gasteiger partial charge on any atom is -0.496 e. The molecule has 178 valence electrons. The van der Waals surface area contributed by atoms with Crippen molar-refractivity contribution in [1.82, 2.24) is 15.2 Å². The minimum atomic E-state index is 0.0293. The summed E-state index contributed by atoms with van der Waals surface area (Å²) in [6.07, 6.45) is 9.70. The van der Waals surface area contributed by atoms with Crippen LogP contribution in [0.5, 0.6) is 5.75 Å². The second kappa shape index (κ2) is 10.6. The SMILES string of the molecule is COc1cccc2c1CCN(CCC1CCC(NC(=O)c3ccnc4ccccc34)CC1)CC2. The van der Waals surface area contributed by atoms with Crippen LogP contribution >= 0.6 is 0 Å². The van der Waals surface area contributed by atoms with Crippen LogP contribution in [-0.2, 0) is 12.8 Å². The number of nitrogens with one attached hydrogen (secondary N) is 1. The zero-order chi connectivity index (χ0) is 23.3. The fourth-order valence-electron chi connectivity index (χ4n) is 5.72. The lowest BCUT2D eigenvalue weighted by molar-refractivity contribution is 0.0921. The second-order valence-corrected chi connectivity index (χ2v) is 9.80. The predicted molar refractivity (Wildman–Crippen MR) is 136 cm³/mol. The van der Waals surface area contributed by atoms with Crippen LogP contribution in [0, 0.1) is 5.92 Å². The molecule has 1 aliphatic heterocycles. The van der Waals surface area contributed by atoms with Crippen molar-refractivity contribution < 1.29 is 9.53 Å². The van der Waals surface area contributed by atoms with Crippen molar-refractivity contribution in [2.75, 3.05) is 26.7 Å². The van der Waals surface area contributed by atoms with Gasteiger partial charge in [0, 0.05) is 30.7 Å². The molecule has 5 nitrogen and oxygen atoms in total. The van der Waals surface area contributed by atoms with Gasteiger partial charge in [-0.25, -0.2) is 0 Å². The third-order valence-electron chi connectivity index (χ3n) is 7.75. The van der Waals surface area contributed by atoms with E-state index >= 15 is 0 Å². The lowest BCUT2D eigenvalue weighted by atomic mass is 9.84. The lowest BCUT2D eigenvalue weighted by Gasteiger charge is -2.31. The summed E-state index contributed by atoms with van der Waals surface area (Å²) in [5.41, 5.74) is 4.44. The maximum atomic E-state index is 13.0. The first kappa shape index (κ1) is 22.9. The third kappa shape index (κ3) is 5.10. The van der Waals surface area contributed by atoms with Crippen LogP contribution in [-0.4, -0.2) is 48.6 Å². The number of pyridine rings is 1. The number of methoxy groups -OCH3 is 1. The van der Waals surface area contributed by atoms with Gasteiger partial charge in [-0.3, -0.25) is 9.78 Å². The highest BCUT2D eigenvalue weighted by molar-refractivity contribution is 6.06. The van der Waals surface area contributed by atoms with Gasteiger partial charge < -0.3 is 15.0 Å². The zero-order valence-electron chi connectivity index (χ0n) is 20.1. The summed E-state index contributed by atoms with van der Waals surface area (Å²) in [6, 6.07) is 16.4. The average Bonchev–Trinajstić information content (AvgIpc) is 3.10. The number of benzene rings is 2. The molecule has 2 aromatic carbocycles. The molecule has 0 bridgehead atoms. The first-order chi connectivity index (χ1) is 16.7. The molecule has 1 saturated carbocycles. The molecule has 34 heavy (non-hydrogen) atoms. The number of aromatic nitrogens is 1. The largest absolute Gasteiger partial charge is 0.496 e. The maximum absolute atomic E-state index is 13.0. The predicted octanol–water partition coefficient (Wildman–Crippen LogP) is 5.02. The molecule has 5 heteroatoms. The van der Waals surface area contributed by atoms with E-state index in [4.69, 9.17) is 4.74 Å². The number of carbonyl (C=O) groups is 1. The van der Waals surface area contributed by atoms with Gasteiger partial charge in [0.05, 0.1) is 18.2 Å². The maximum Gasteiger partial charge on any atom is 0.252 e. The van der Waals surface area contributed by atoms with Gasteiger partial charge in [0.25, 0.3) is 5.91 Å². The Morgan fingerprint density at radius 2 is 1.85 bits per heavy atom. The number of hydrogen-bond donors (Lipinski definition) is 1. The Balaban J connectivity index is 1.09. The number of nitrogens with zero attached hydrogens (tertiary/aromatic N) is 2. The lowest BCUT2D eigenvalue weighted by Crippen LogP contribution is -2.38. The highest BCUT2D eigenvalue weighted by Crippen LogP contribution is 2.29. The highest BCUT2D eigenvalue weighted by atomic mass is 16.5. The van der Waals surface area contributed by atoms with E-state index in [9.17, 15) is 4.79 Å². The first-order valence-electron chi connectivity index (χ1n) is 12.7. The molecule has 0 unspecified atom stereocenters. The molecular formula is C29H35N3O2. The van der Waals surface area contributed by atoms with E-state index in [1.165, 1.54) is 36.9 Å². The summed E-state index contributed by atoms with van der Waals surface area (Å²) >= 11 is 0. The molecule has 3 aromatic rings. The fourth-order valence-corrected chi connectivity index (χ4v) is 5.72. The minimum absolute atomic E-state index is 0.0293. The highest BCUT2D eigenvalue weighted by Gasteiger charge is 2.24. The number of hydrogen-bond acceptors (Lipinski definition) is 4. The molecule has 1 fully saturated rings. The van der Waals surface area contributed by atoms with Gasteiger partial charge in [-0.05, 0) is 86.7 Å². The standard InChI is InChI=1S/C29H35N3O2/c1-34-28-8-4-5-22-15-19-32(20-16-24(22)28)18-14-21-9-11-23(12-10-21)31-29(33)26-13-17-30-27-7-3-2-6-25(26)27/h2-8,13,17,21,23H,9-12,14-16,18-20H2,1H3,(H,31,33). The van der Waals surface area contributed by atoms with Crippen molar-refractivity contribution in [3.05, 3.63) is 71.4 Å². The van der Waals surface area contributed by atoms with Crippen LogP contribution < -0.4 is 10.1 Å². The molecule has 0 saturated heterocycles. The van der Waals surface area contributed by atoms with Gasteiger partial charge in [-0.1, -0.05) is 30.3 Å². The Morgan fingerprint density at radius 3 is 2.71 bits per heavy atom. The molecule has 1 aliphatic carbocycles. The Bertz CT molecular complexity index is 1130. The summed E-state index contributed by atoms with van der Waals surface area (Å²) in [5.74, 6) is 1.83. The van der Waals surface area contributed by atoms with E-state index in [2.05, 4.69) is 33.4 Å². The summed E-state index contributed by atoms with van der Waals surface area (Å²) in [7, 11) is 1.77. The average molecular weight is 458 g/mol. The summed E-state index contributed by atoms with van der Waals surface area (Å²) in [5, 5.41) is 4.22.